The maximum absolute atomic E-state index is 9.06. The first-order valence-electron chi connectivity index (χ1n) is 7.20. The molecular weight excluding hydrogens is 258 g/mol. The molecule has 20 heavy (non-hydrogen) atoms. The van der Waals surface area contributed by atoms with Crippen molar-refractivity contribution in [2.24, 2.45) is 0 Å². The lowest BCUT2D eigenvalue weighted by atomic mass is 9.91. The van der Waals surface area contributed by atoms with Gasteiger partial charge in [0.1, 0.15) is 0 Å². The minimum absolute atomic E-state index is 0.172. The number of nitrogens with one attached hydrogen (secondary N) is 1. The predicted molar refractivity (Wildman–Crippen MR) is 77.2 cm³/mol. The molecule has 112 valence electrons. The van der Waals surface area contributed by atoms with E-state index in [1.54, 1.807) is 7.11 Å². The fourth-order valence-electron chi connectivity index (χ4n) is 2.19. The van der Waals surface area contributed by atoms with Gasteiger partial charge in [0.05, 0.1) is 7.11 Å². The molecule has 0 saturated heterocycles. The standard InChI is InChI=1S/C13H23N5O2/c1-3-14-11-15-12(17-13(16-11)20-2)18(8-5-9-19)10-6-4-7-10/h10,19H,3-9H2,1-2H3,(H,14,15,16,17). The highest BCUT2D eigenvalue weighted by Gasteiger charge is 2.27. The van der Waals surface area contributed by atoms with Crippen LogP contribution in [-0.2, 0) is 0 Å². The Labute approximate surface area is 119 Å². The summed E-state index contributed by atoms with van der Waals surface area (Å²) >= 11 is 0. The second-order valence-electron chi connectivity index (χ2n) is 4.83. The second-order valence-corrected chi connectivity index (χ2v) is 4.83. The van der Waals surface area contributed by atoms with Crippen LogP contribution in [0, 0.1) is 0 Å². The van der Waals surface area contributed by atoms with E-state index in [0.717, 1.165) is 25.9 Å². The zero-order valence-corrected chi connectivity index (χ0v) is 12.2. The Morgan fingerprint density at radius 3 is 2.70 bits per heavy atom. The van der Waals surface area contributed by atoms with Gasteiger partial charge < -0.3 is 20.1 Å². The van der Waals surface area contributed by atoms with Crippen molar-refractivity contribution in [3.63, 3.8) is 0 Å². The monoisotopic (exact) mass is 281 g/mol. The average molecular weight is 281 g/mol. The van der Waals surface area contributed by atoms with Crippen molar-refractivity contribution < 1.29 is 9.84 Å². The molecule has 0 amide bonds. The van der Waals surface area contributed by atoms with Crippen molar-refractivity contribution in [3.8, 4) is 6.01 Å². The van der Waals surface area contributed by atoms with Gasteiger partial charge in [-0.25, -0.2) is 0 Å². The zero-order valence-electron chi connectivity index (χ0n) is 12.2. The first-order valence-corrected chi connectivity index (χ1v) is 7.20. The van der Waals surface area contributed by atoms with Crippen molar-refractivity contribution in [1.82, 2.24) is 15.0 Å². The fraction of sp³-hybridized carbons (Fsp3) is 0.769. The molecule has 0 bridgehead atoms. The molecule has 1 saturated carbocycles. The van der Waals surface area contributed by atoms with Crippen LogP contribution in [0.3, 0.4) is 0 Å². The van der Waals surface area contributed by atoms with Crippen LogP contribution in [0.1, 0.15) is 32.6 Å². The second kappa shape index (κ2) is 7.23. The number of aromatic nitrogens is 3. The zero-order chi connectivity index (χ0) is 14.4. The van der Waals surface area contributed by atoms with Crippen LogP contribution in [0.25, 0.3) is 0 Å². The lowest BCUT2D eigenvalue weighted by molar-refractivity contribution is 0.282. The van der Waals surface area contributed by atoms with Crippen LogP contribution in [0.4, 0.5) is 11.9 Å². The lowest BCUT2D eigenvalue weighted by Gasteiger charge is -2.37. The van der Waals surface area contributed by atoms with Crippen molar-refractivity contribution in [2.75, 3.05) is 37.0 Å². The SMILES string of the molecule is CCNc1nc(OC)nc(N(CCCO)C2CCC2)n1. The number of hydrogen-bond acceptors (Lipinski definition) is 7. The summed E-state index contributed by atoms with van der Waals surface area (Å²) in [5.74, 6) is 1.16. The van der Waals surface area contributed by atoms with Gasteiger partial charge in [0.15, 0.2) is 0 Å². The molecule has 0 aliphatic heterocycles. The van der Waals surface area contributed by atoms with Crippen molar-refractivity contribution in [1.29, 1.82) is 0 Å². The van der Waals surface area contributed by atoms with Crippen molar-refractivity contribution in [3.05, 3.63) is 0 Å². The van der Waals surface area contributed by atoms with Gasteiger partial charge in [-0.3, -0.25) is 0 Å². The number of rotatable bonds is 8. The number of aliphatic hydroxyl groups excluding tert-OH is 1. The molecule has 7 heteroatoms. The van der Waals surface area contributed by atoms with Crippen LogP contribution >= 0.6 is 0 Å². The van der Waals surface area contributed by atoms with Crippen molar-refractivity contribution >= 4 is 11.9 Å². The van der Waals surface area contributed by atoms with Crippen LogP contribution in [0.2, 0.25) is 0 Å². The Morgan fingerprint density at radius 1 is 1.35 bits per heavy atom. The average Bonchev–Trinajstić information content (AvgIpc) is 2.41. The Hall–Kier alpha value is -1.63. The quantitative estimate of drug-likeness (QED) is 0.737. The number of aliphatic hydroxyl groups is 1. The molecule has 0 unspecified atom stereocenters. The molecule has 0 atom stereocenters. The third kappa shape index (κ3) is 3.47. The molecule has 1 aromatic rings. The highest BCUT2D eigenvalue weighted by atomic mass is 16.5. The lowest BCUT2D eigenvalue weighted by Crippen LogP contribution is -2.42. The largest absolute Gasteiger partial charge is 0.467 e. The van der Waals surface area contributed by atoms with Gasteiger partial charge in [0.2, 0.25) is 11.9 Å². The smallest absolute Gasteiger partial charge is 0.322 e. The molecule has 1 aromatic heterocycles. The van der Waals surface area contributed by atoms with Gasteiger partial charge in [-0.1, -0.05) is 0 Å². The molecule has 2 N–H and O–H groups in total. The summed E-state index contributed by atoms with van der Waals surface area (Å²) in [6.45, 7) is 3.66. The molecule has 0 aromatic carbocycles. The van der Waals surface area contributed by atoms with Crippen LogP contribution in [0.5, 0.6) is 6.01 Å². The topological polar surface area (TPSA) is 83.4 Å². The number of hydrogen-bond donors (Lipinski definition) is 2. The predicted octanol–water partition coefficient (Wildman–Crippen LogP) is 1.05. The molecule has 0 radical (unpaired) electrons. The van der Waals surface area contributed by atoms with E-state index in [1.807, 2.05) is 6.92 Å². The summed E-state index contributed by atoms with van der Waals surface area (Å²) in [6.07, 6.45) is 4.25. The van der Waals surface area contributed by atoms with Gasteiger partial charge in [0, 0.05) is 25.7 Å². The Balaban J connectivity index is 2.22. The van der Waals surface area contributed by atoms with E-state index in [9.17, 15) is 0 Å². The van der Waals surface area contributed by atoms with Crippen LogP contribution < -0.4 is 15.0 Å². The third-order valence-electron chi connectivity index (χ3n) is 3.45. The molecule has 1 aliphatic rings. The van der Waals surface area contributed by atoms with Crippen molar-refractivity contribution in [2.45, 2.75) is 38.6 Å². The molecule has 0 spiro atoms. The maximum Gasteiger partial charge on any atom is 0.322 e. The number of methoxy groups -OCH3 is 1. The van der Waals surface area contributed by atoms with E-state index in [-0.39, 0.29) is 6.61 Å². The minimum atomic E-state index is 0.172. The third-order valence-corrected chi connectivity index (χ3v) is 3.45. The summed E-state index contributed by atoms with van der Waals surface area (Å²) in [5.41, 5.74) is 0. The Bertz CT molecular complexity index is 425. The summed E-state index contributed by atoms with van der Waals surface area (Å²) in [7, 11) is 1.55. The first kappa shape index (κ1) is 14.8. The normalized spacial score (nSPS) is 14.8. The highest BCUT2D eigenvalue weighted by Crippen LogP contribution is 2.28. The molecule has 2 rings (SSSR count). The van der Waals surface area contributed by atoms with E-state index < -0.39 is 0 Å². The summed E-state index contributed by atoms with van der Waals surface area (Å²) < 4.78 is 5.15. The molecule has 1 fully saturated rings. The molecular formula is C13H23N5O2. The maximum atomic E-state index is 9.06. The van der Waals surface area contributed by atoms with Gasteiger partial charge in [0.25, 0.3) is 0 Å². The Kier molecular flexibility index (Phi) is 5.34. The molecule has 1 aliphatic carbocycles. The van der Waals surface area contributed by atoms with Crippen LogP contribution in [-0.4, -0.2) is 52.9 Å². The summed E-state index contributed by atoms with van der Waals surface area (Å²) in [4.78, 5) is 15.1. The van der Waals surface area contributed by atoms with E-state index in [4.69, 9.17) is 9.84 Å². The number of nitrogens with zero attached hydrogens (tertiary/aromatic N) is 4. The minimum Gasteiger partial charge on any atom is -0.467 e. The van der Waals surface area contributed by atoms with Gasteiger partial charge in [-0.2, -0.15) is 15.0 Å². The fourth-order valence-corrected chi connectivity index (χ4v) is 2.19. The highest BCUT2D eigenvalue weighted by molar-refractivity contribution is 5.40. The first-order chi connectivity index (χ1) is 9.78. The molecule has 1 heterocycles. The van der Waals surface area contributed by atoms with Gasteiger partial charge >= 0.3 is 6.01 Å². The van der Waals surface area contributed by atoms with Gasteiger partial charge in [-0.15, -0.1) is 0 Å². The van der Waals surface area contributed by atoms with E-state index in [0.29, 0.717) is 30.4 Å². The number of ether oxygens (including phenoxy) is 1. The van der Waals surface area contributed by atoms with E-state index in [2.05, 4.69) is 25.2 Å². The Morgan fingerprint density at radius 2 is 2.15 bits per heavy atom. The van der Waals surface area contributed by atoms with E-state index >= 15 is 0 Å². The summed E-state index contributed by atoms with van der Waals surface area (Å²) in [5, 5.41) is 12.1. The number of anilines is 2. The molecule has 7 nitrogen and oxygen atoms in total. The van der Waals surface area contributed by atoms with Crippen LogP contribution in [0.15, 0.2) is 0 Å². The summed E-state index contributed by atoms with van der Waals surface area (Å²) in [6, 6.07) is 0.780. The van der Waals surface area contributed by atoms with Gasteiger partial charge in [-0.05, 0) is 32.6 Å². The van der Waals surface area contributed by atoms with E-state index in [1.165, 1.54) is 6.42 Å².